The van der Waals surface area contributed by atoms with Crippen LogP contribution in [0.15, 0.2) is 249 Å². The zero-order chi connectivity index (χ0) is 41.7. The number of rotatable bonds is 7. The maximum atomic E-state index is 2.37. The van der Waals surface area contributed by atoms with Crippen molar-refractivity contribution >= 4 is 70.9 Å². The van der Waals surface area contributed by atoms with E-state index in [4.69, 9.17) is 0 Å². The smallest absolute Gasteiger partial charge is 0.0462 e. The maximum Gasteiger partial charge on any atom is 0.0462 e. The van der Waals surface area contributed by atoms with Crippen molar-refractivity contribution in [3.8, 4) is 44.5 Å². The molecule has 63 heavy (non-hydrogen) atoms. The van der Waals surface area contributed by atoms with Crippen LogP contribution in [0.25, 0.3) is 98.4 Å². The molecule has 12 aromatic carbocycles. The second kappa shape index (κ2) is 15.3. The van der Waals surface area contributed by atoms with Crippen LogP contribution in [0.4, 0.5) is 17.1 Å². The highest BCUT2D eigenvalue weighted by Crippen LogP contribution is 2.41. The Bertz CT molecular complexity index is 3630. The van der Waals surface area contributed by atoms with Crippen molar-refractivity contribution in [2.24, 2.45) is 0 Å². The van der Waals surface area contributed by atoms with Crippen LogP contribution in [0.2, 0.25) is 0 Å². The lowest BCUT2D eigenvalue weighted by atomic mass is 9.92. The lowest BCUT2D eigenvalue weighted by molar-refractivity contribution is 1.28. The van der Waals surface area contributed by atoms with Gasteiger partial charge in [0.1, 0.15) is 0 Å². The highest BCUT2D eigenvalue weighted by molar-refractivity contribution is 6.15. The number of fused-ring (bicyclic) bond motifs is 7. The summed E-state index contributed by atoms with van der Waals surface area (Å²) in [5.41, 5.74) is 13.0. The largest absolute Gasteiger partial charge is 0.311 e. The average Bonchev–Trinajstić information content (AvgIpc) is 3.36. The van der Waals surface area contributed by atoms with E-state index in [0.717, 1.165) is 17.1 Å². The minimum atomic E-state index is 1.10. The van der Waals surface area contributed by atoms with Gasteiger partial charge in [-0.25, -0.2) is 0 Å². The summed E-state index contributed by atoms with van der Waals surface area (Å²) in [5, 5.41) is 12.7. The van der Waals surface area contributed by atoms with Crippen LogP contribution < -0.4 is 4.90 Å². The molecular weight excluding hydrogens is 759 g/mol. The first-order valence-corrected chi connectivity index (χ1v) is 21.7. The van der Waals surface area contributed by atoms with Gasteiger partial charge in [0.25, 0.3) is 0 Å². The number of hydrogen-bond donors (Lipinski definition) is 0. The molecule has 0 bridgehead atoms. The Kier molecular flexibility index (Phi) is 8.90. The fourth-order valence-electron chi connectivity index (χ4n) is 9.74. The topological polar surface area (TPSA) is 3.24 Å². The molecule has 0 saturated carbocycles. The van der Waals surface area contributed by atoms with Gasteiger partial charge in [0.2, 0.25) is 0 Å². The summed E-state index contributed by atoms with van der Waals surface area (Å²) in [7, 11) is 0. The average molecular weight is 800 g/mol. The van der Waals surface area contributed by atoms with Crippen molar-refractivity contribution in [1.82, 2.24) is 0 Å². The van der Waals surface area contributed by atoms with E-state index in [1.165, 1.54) is 98.4 Å². The summed E-state index contributed by atoms with van der Waals surface area (Å²) in [6.07, 6.45) is 0. The van der Waals surface area contributed by atoms with Crippen molar-refractivity contribution in [3.63, 3.8) is 0 Å². The quantitative estimate of drug-likeness (QED) is 0.145. The Morgan fingerprint density at radius 1 is 0.190 bits per heavy atom. The van der Waals surface area contributed by atoms with Crippen molar-refractivity contribution < 1.29 is 0 Å². The summed E-state index contributed by atoms with van der Waals surface area (Å²) in [5.74, 6) is 0. The van der Waals surface area contributed by atoms with Crippen LogP contribution in [0.3, 0.4) is 0 Å². The minimum Gasteiger partial charge on any atom is -0.311 e. The lowest BCUT2D eigenvalue weighted by Gasteiger charge is -2.26. The van der Waals surface area contributed by atoms with Crippen LogP contribution in [0.1, 0.15) is 0 Å². The zero-order valence-electron chi connectivity index (χ0n) is 34.6. The van der Waals surface area contributed by atoms with Crippen molar-refractivity contribution in [2.75, 3.05) is 4.90 Å². The summed E-state index contributed by atoms with van der Waals surface area (Å²) in [6, 6.07) is 90.9. The van der Waals surface area contributed by atoms with E-state index in [-0.39, 0.29) is 0 Å². The molecule has 0 aliphatic heterocycles. The zero-order valence-corrected chi connectivity index (χ0v) is 34.6. The van der Waals surface area contributed by atoms with E-state index >= 15 is 0 Å². The van der Waals surface area contributed by atoms with Gasteiger partial charge in [0.15, 0.2) is 0 Å². The van der Waals surface area contributed by atoms with Crippen molar-refractivity contribution in [3.05, 3.63) is 249 Å². The van der Waals surface area contributed by atoms with Crippen molar-refractivity contribution in [1.29, 1.82) is 0 Å². The van der Waals surface area contributed by atoms with E-state index in [0.29, 0.717) is 0 Å². The molecule has 12 rings (SSSR count). The van der Waals surface area contributed by atoms with Gasteiger partial charge in [-0.15, -0.1) is 0 Å². The molecule has 0 amide bonds. The third-order valence-electron chi connectivity index (χ3n) is 12.9. The Morgan fingerprint density at radius 2 is 0.508 bits per heavy atom. The molecular formula is C62H41N. The predicted molar refractivity (Wildman–Crippen MR) is 270 cm³/mol. The predicted octanol–water partition coefficient (Wildman–Crippen LogP) is 17.6. The molecule has 0 N–H and O–H groups in total. The summed E-state index contributed by atoms with van der Waals surface area (Å²) in [6.45, 7) is 0. The summed E-state index contributed by atoms with van der Waals surface area (Å²) < 4.78 is 0. The molecule has 0 heterocycles. The molecule has 294 valence electrons. The monoisotopic (exact) mass is 799 g/mol. The Morgan fingerprint density at radius 3 is 0.984 bits per heavy atom. The molecule has 0 atom stereocenters. The Hall–Kier alpha value is -8.26. The van der Waals surface area contributed by atoms with Gasteiger partial charge in [-0.3, -0.25) is 0 Å². The second-order valence-electron chi connectivity index (χ2n) is 16.5. The first kappa shape index (κ1) is 36.6. The van der Waals surface area contributed by atoms with E-state index in [2.05, 4.69) is 254 Å². The molecule has 0 aliphatic carbocycles. The fraction of sp³-hybridized carbons (Fsp3) is 0. The molecule has 1 nitrogen and oxygen atoms in total. The van der Waals surface area contributed by atoms with Crippen LogP contribution in [-0.4, -0.2) is 0 Å². The molecule has 0 radical (unpaired) electrons. The first-order chi connectivity index (χ1) is 31.2. The standard InChI is InChI=1S/C62H41N/c1-4-16-53-44(12-1)15-11-23-54(53)45-30-36-51(37-31-45)63(52-38-32-47(33-39-52)62-41-49-14-3-6-18-56(49)58-20-8-10-22-60(58)62)50-34-28-43(29-35-50)42-24-26-46(27-25-42)61-40-48-13-2-5-17-55(48)57-19-7-9-21-59(57)61/h1-41H. The molecule has 12 aromatic rings. The molecule has 0 spiro atoms. The molecule has 0 unspecified atom stereocenters. The van der Waals surface area contributed by atoms with Crippen LogP contribution >= 0.6 is 0 Å². The molecule has 1 heteroatoms. The molecule has 0 aliphatic rings. The summed E-state index contributed by atoms with van der Waals surface area (Å²) >= 11 is 0. The van der Waals surface area contributed by atoms with Crippen LogP contribution in [0.5, 0.6) is 0 Å². The van der Waals surface area contributed by atoms with Gasteiger partial charge < -0.3 is 4.90 Å². The fourth-order valence-corrected chi connectivity index (χ4v) is 9.74. The number of nitrogens with zero attached hydrogens (tertiary/aromatic N) is 1. The van der Waals surface area contributed by atoms with Gasteiger partial charge in [-0.2, -0.15) is 0 Å². The van der Waals surface area contributed by atoms with Crippen molar-refractivity contribution in [2.45, 2.75) is 0 Å². The first-order valence-electron chi connectivity index (χ1n) is 21.7. The SMILES string of the molecule is c1ccc2c(-c3ccc(N(c4ccc(-c5ccc(-c6cc7ccccc7c7ccccc67)cc5)cc4)c4ccc(-c5cc6ccccc6c6ccccc56)cc4)cc3)cccc2c1. The second-order valence-corrected chi connectivity index (χ2v) is 16.5. The normalized spacial score (nSPS) is 11.5. The van der Waals surface area contributed by atoms with Gasteiger partial charge >= 0.3 is 0 Å². The molecule has 0 saturated heterocycles. The Balaban J connectivity index is 0.914. The third kappa shape index (κ3) is 6.50. The molecule has 0 fully saturated rings. The highest BCUT2D eigenvalue weighted by atomic mass is 15.1. The minimum absolute atomic E-state index is 1.10. The lowest BCUT2D eigenvalue weighted by Crippen LogP contribution is -2.09. The van der Waals surface area contributed by atoms with Gasteiger partial charge in [0, 0.05) is 17.1 Å². The number of hydrogen-bond acceptors (Lipinski definition) is 1. The van der Waals surface area contributed by atoms with Crippen LogP contribution in [-0.2, 0) is 0 Å². The van der Waals surface area contributed by atoms with Gasteiger partial charge in [0.05, 0.1) is 0 Å². The van der Waals surface area contributed by atoms with Gasteiger partial charge in [-0.1, -0.05) is 200 Å². The third-order valence-corrected chi connectivity index (χ3v) is 12.9. The summed E-state index contributed by atoms with van der Waals surface area (Å²) in [4.78, 5) is 2.37. The van der Waals surface area contributed by atoms with E-state index in [1.807, 2.05) is 0 Å². The highest BCUT2D eigenvalue weighted by Gasteiger charge is 2.16. The number of anilines is 3. The Labute approximate surface area is 367 Å². The van der Waals surface area contributed by atoms with Gasteiger partial charge in [-0.05, 0) is 147 Å². The maximum absolute atomic E-state index is 2.37. The number of benzene rings is 12. The van der Waals surface area contributed by atoms with E-state index < -0.39 is 0 Å². The van der Waals surface area contributed by atoms with E-state index in [9.17, 15) is 0 Å². The van der Waals surface area contributed by atoms with E-state index in [1.54, 1.807) is 0 Å². The molecule has 0 aromatic heterocycles. The van der Waals surface area contributed by atoms with Crippen LogP contribution in [0, 0.1) is 0 Å².